The summed E-state index contributed by atoms with van der Waals surface area (Å²) in [6.45, 7) is 2.77. The highest BCUT2D eigenvalue weighted by Gasteiger charge is 1.97. The summed E-state index contributed by atoms with van der Waals surface area (Å²) in [5.41, 5.74) is 1.14. The number of para-hydroxylation sites is 1. The number of halogens is 1. The van der Waals surface area contributed by atoms with Crippen molar-refractivity contribution in [3.8, 4) is 5.75 Å². The molecule has 0 heterocycles. The Morgan fingerprint density at radius 1 is 1.36 bits per heavy atom. The van der Waals surface area contributed by atoms with Crippen LogP contribution in [-0.4, -0.2) is 11.9 Å². The summed E-state index contributed by atoms with van der Waals surface area (Å²) in [4.78, 5) is 0. The summed E-state index contributed by atoms with van der Waals surface area (Å²) in [6.07, 6.45) is 5.11. The summed E-state index contributed by atoms with van der Waals surface area (Å²) in [5.74, 6) is 0.964. The van der Waals surface area contributed by atoms with Gasteiger partial charge in [0.2, 0.25) is 0 Å². The molecule has 0 saturated heterocycles. The molecule has 0 radical (unpaired) electrons. The topological polar surface area (TPSA) is 9.23 Å². The number of rotatable bonds is 5. The molecule has 0 aromatic heterocycles. The van der Waals surface area contributed by atoms with Gasteiger partial charge in [-0.05, 0) is 19.4 Å². The van der Waals surface area contributed by atoms with Crippen molar-refractivity contribution in [2.45, 2.75) is 13.3 Å². The molecule has 0 amide bonds. The van der Waals surface area contributed by atoms with E-state index in [-0.39, 0.29) is 0 Å². The van der Waals surface area contributed by atoms with Gasteiger partial charge in [0.05, 0.1) is 6.61 Å². The van der Waals surface area contributed by atoms with Gasteiger partial charge in [-0.2, -0.15) is 0 Å². The summed E-state index contributed by atoms with van der Waals surface area (Å²) in [6, 6.07) is 8.08. The zero-order chi connectivity index (χ0) is 10.2. The molecule has 0 spiro atoms. The molecule has 1 aromatic carbocycles. The van der Waals surface area contributed by atoms with E-state index in [0.29, 0.717) is 0 Å². The second-order valence-electron chi connectivity index (χ2n) is 2.93. The van der Waals surface area contributed by atoms with Crippen LogP contribution in [0.5, 0.6) is 5.75 Å². The van der Waals surface area contributed by atoms with E-state index in [4.69, 9.17) is 4.74 Å². The van der Waals surface area contributed by atoms with Crippen LogP contribution in [-0.2, 0) is 0 Å². The predicted molar refractivity (Wildman–Crippen MR) is 65.1 cm³/mol. The van der Waals surface area contributed by atoms with Gasteiger partial charge in [-0.25, -0.2) is 0 Å². The molecule has 0 fully saturated rings. The van der Waals surface area contributed by atoms with Gasteiger partial charge in [-0.3, -0.25) is 0 Å². The van der Waals surface area contributed by atoms with Crippen LogP contribution in [0.15, 0.2) is 30.3 Å². The molecule has 76 valence electrons. The molecule has 0 aliphatic heterocycles. The maximum Gasteiger partial charge on any atom is 0.126 e. The highest BCUT2D eigenvalue weighted by molar-refractivity contribution is 9.09. The van der Waals surface area contributed by atoms with Gasteiger partial charge >= 0.3 is 0 Å². The van der Waals surface area contributed by atoms with Crippen molar-refractivity contribution >= 4 is 22.0 Å². The third-order valence-electron chi connectivity index (χ3n) is 1.80. The minimum Gasteiger partial charge on any atom is -0.493 e. The van der Waals surface area contributed by atoms with Crippen LogP contribution in [0.3, 0.4) is 0 Å². The van der Waals surface area contributed by atoms with Crippen molar-refractivity contribution < 1.29 is 4.74 Å². The summed E-state index contributed by atoms with van der Waals surface area (Å²) >= 11 is 3.38. The highest BCUT2D eigenvalue weighted by Crippen LogP contribution is 2.19. The lowest BCUT2D eigenvalue weighted by Crippen LogP contribution is -1.98. The molecule has 1 nitrogen and oxygen atoms in total. The van der Waals surface area contributed by atoms with E-state index < -0.39 is 0 Å². The van der Waals surface area contributed by atoms with E-state index in [0.717, 1.165) is 29.7 Å². The first-order valence-electron chi connectivity index (χ1n) is 4.79. The second kappa shape index (κ2) is 6.66. The molecule has 0 saturated carbocycles. The quantitative estimate of drug-likeness (QED) is 0.573. The first-order chi connectivity index (χ1) is 6.88. The fourth-order valence-electron chi connectivity index (χ4n) is 1.17. The molecule has 0 aliphatic carbocycles. The van der Waals surface area contributed by atoms with Gasteiger partial charge in [0.25, 0.3) is 0 Å². The maximum atomic E-state index is 5.65. The molecule has 0 N–H and O–H groups in total. The van der Waals surface area contributed by atoms with E-state index in [1.807, 2.05) is 31.2 Å². The zero-order valence-corrected chi connectivity index (χ0v) is 9.96. The van der Waals surface area contributed by atoms with Crippen LogP contribution < -0.4 is 4.74 Å². The van der Waals surface area contributed by atoms with Crippen LogP contribution >= 0.6 is 15.9 Å². The van der Waals surface area contributed by atoms with Crippen molar-refractivity contribution in [3.63, 3.8) is 0 Å². The molecule has 14 heavy (non-hydrogen) atoms. The molecule has 0 aliphatic rings. The van der Waals surface area contributed by atoms with E-state index in [9.17, 15) is 0 Å². The number of benzene rings is 1. The Kier molecular flexibility index (Phi) is 5.38. The molecule has 2 heteroatoms. The number of hydrogen-bond acceptors (Lipinski definition) is 1. The Balaban J connectivity index is 2.64. The van der Waals surface area contributed by atoms with Crippen molar-refractivity contribution in [2.24, 2.45) is 0 Å². The Morgan fingerprint density at radius 3 is 2.86 bits per heavy atom. The molecule has 0 unspecified atom stereocenters. The first-order valence-corrected chi connectivity index (χ1v) is 5.91. The first kappa shape index (κ1) is 11.3. The molecule has 1 rings (SSSR count). The van der Waals surface area contributed by atoms with Crippen LogP contribution in [0.2, 0.25) is 0 Å². The van der Waals surface area contributed by atoms with Crippen molar-refractivity contribution in [3.05, 3.63) is 35.9 Å². The van der Waals surface area contributed by atoms with Gasteiger partial charge < -0.3 is 4.74 Å². The minimum absolute atomic E-state index is 0.764. The van der Waals surface area contributed by atoms with Crippen LogP contribution in [0.4, 0.5) is 0 Å². The zero-order valence-electron chi connectivity index (χ0n) is 8.37. The van der Waals surface area contributed by atoms with Gasteiger partial charge in [0.1, 0.15) is 5.75 Å². The fraction of sp³-hybridized carbons (Fsp3) is 0.333. The van der Waals surface area contributed by atoms with Gasteiger partial charge in [-0.1, -0.05) is 46.3 Å². The Hall–Kier alpha value is -0.760. The Labute approximate surface area is 93.9 Å². The summed E-state index contributed by atoms with van der Waals surface area (Å²) < 4.78 is 5.65. The van der Waals surface area contributed by atoms with E-state index in [2.05, 4.69) is 28.1 Å². The van der Waals surface area contributed by atoms with Gasteiger partial charge in [-0.15, -0.1) is 0 Å². The van der Waals surface area contributed by atoms with E-state index >= 15 is 0 Å². The molecule has 0 bridgehead atoms. The predicted octanol–water partition coefficient (Wildman–Crippen LogP) is 3.88. The third kappa shape index (κ3) is 3.54. The lowest BCUT2D eigenvalue weighted by molar-refractivity contribution is 0.318. The standard InChI is InChI=1S/C12H15BrO/c1-2-6-11-7-3-4-8-12(11)14-10-5-9-13/h2-4,6-8H,5,9-10H2,1H3/b6-2+. The Bertz CT molecular complexity index is 294. The molecule has 0 atom stereocenters. The smallest absolute Gasteiger partial charge is 0.126 e. The average molecular weight is 255 g/mol. The summed E-state index contributed by atoms with van der Waals surface area (Å²) in [7, 11) is 0. The van der Waals surface area contributed by atoms with E-state index in [1.165, 1.54) is 0 Å². The van der Waals surface area contributed by atoms with Crippen LogP contribution in [0, 0.1) is 0 Å². The normalized spacial score (nSPS) is 10.7. The number of allylic oxidation sites excluding steroid dienone is 1. The maximum absolute atomic E-state index is 5.65. The second-order valence-corrected chi connectivity index (χ2v) is 3.72. The lowest BCUT2D eigenvalue weighted by atomic mass is 10.2. The van der Waals surface area contributed by atoms with Gasteiger partial charge in [0.15, 0.2) is 0 Å². The third-order valence-corrected chi connectivity index (χ3v) is 2.36. The molecular weight excluding hydrogens is 240 g/mol. The number of hydrogen-bond donors (Lipinski definition) is 0. The number of ether oxygens (including phenoxy) is 1. The van der Waals surface area contributed by atoms with Crippen LogP contribution in [0.25, 0.3) is 6.08 Å². The fourth-order valence-corrected chi connectivity index (χ4v) is 1.39. The van der Waals surface area contributed by atoms with E-state index in [1.54, 1.807) is 0 Å². The average Bonchev–Trinajstić information content (AvgIpc) is 2.21. The van der Waals surface area contributed by atoms with Crippen molar-refractivity contribution in [2.75, 3.05) is 11.9 Å². The number of alkyl halides is 1. The van der Waals surface area contributed by atoms with Crippen molar-refractivity contribution in [1.82, 2.24) is 0 Å². The Morgan fingerprint density at radius 2 is 2.14 bits per heavy atom. The highest BCUT2D eigenvalue weighted by atomic mass is 79.9. The SMILES string of the molecule is C/C=C/c1ccccc1OCCCBr. The summed E-state index contributed by atoms with van der Waals surface area (Å²) in [5, 5.41) is 0.985. The van der Waals surface area contributed by atoms with Crippen LogP contribution in [0.1, 0.15) is 18.9 Å². The molecular formula is C12H15BrO. The molecule has 1 aromatic rings. The largest absolute Gasteiger partial charge is 0.493 e. The van der Waals surface area contributed by atoms with Crippen molar-refractivity contribution in [1.29, 1.82) is 0 Å². The monoisotopic (exact) mass is 254 g/mol. The van der Waals surface area contributed by atoms with Gasteiger partial charge in [0, 0.05) is 10.9 Å². The lowest BCUT2D eigenvalue weighted by Gasteiger charge is -2.07. The minimum atomic E-state index is 0.764.